The zero-order chi connectivity index (χ0) is 14.2. The molecule has 0 spiro atoms. The molecule has 2 rings (SSSR count). The number of amides is 1. The summed E-state index contributed by atoms with van der Waals surface area (Å²) in [5, 5.41) is 2.92. The number of rotatable bonds is 7. The summed E-state index contributed by atoms with van der Waals surface area (Å²) >= 11 is 0. The first kappa shape index (κ1) is 17.8. The van der Waals surface area contributed by atoms with Crippen molar-refractivity contribution in [2.24, 2.45) is 5.73 Å². The highest BCUT2D eigenvalue weighted by atomic mass is 35.5. The average molecular weight is 313 g/mol. The zero-order valence-electron chi connectivity index (χ0n) is 12.3. The van der Waals surface area contributed by atoms with Crippen molar-refractivity contribution < 1.29 is 9.53 Å². The van der Waals surface area contributed by atoms with Gasteiger partial charge in [0.15, 0.2) is 0 Å². The highest BCUT2D eigenvalue weighted by molar-refractivity contribution is 5.85. The fourth-order valence-corrected chi connectivity index (χ4v) is 2.50. The molecule has 0 bridgehead atoms. The Hall–Kier alpha value is -1.26. The minimum absolute atomic E-state index is 0. The minimum Gasteiger partial charge on any atom is -0.490 e. The Labute approximate surface area is 132 Å². The lowest BCUT2D eigenvalue weighted by Crippen LogP contribution is -2.24. The fraction of sp³-hybridized carbons (Fsp3) is 0.562. The van der Waals surface area contributed by atoms with Crippen LogP contribution in [0.4, 0.5) is 0 Å². The summed E-state index contributed by atoms with van der Waals surface area (Å²) < 4.78 is 6.05. The Morgan fingerprint density at radius 1 is 1.29 bits per heavy atom. The lowest BCUT2D eigenvalue weighted by atomic mass is 10.2. The van der Waals surface area contributed by atoms with E-state index in [-0.39, 0.29) is 18.3 Å². The van der Waals surface area contributed by atoms with Gasteiger partial charge in [0.2, 0.25) is 5.91 Å². The summed E-state index contributed by atoms with van der Waals surface area (Å²) in [6.45, 7) is 1.07. The van der Waals surface area contributed by atoms with Crippen LogP contribution in [-0.4, -0.2) is 18.6 Å². The molecule has 1 saturated carbocycles. The second-order valence-electron chi connectivity index (χ2n) is 5.30. The first-order chi connectivity index (χ1) is 9.79. The van der Waals surface area contributed by atoms with Crippen molar-refractivity contribution in [3.05, 3.63) is 29.8 Å². The Morgan fingerprint density at radius 2 is 2.00 bits per heavy atom. The maximum Gasteiger partial charge on any atom is 0.220 e. The third-order valence-electron chi connectivity index (χ3n) is 3.65. The van der Waals surface area contributed by atoms with Crippen LogP contribution >= 0.6 is 12.4 Å². The highest BCUT2D eigenvalue weighted by Gasteiger charge is 2.17. The number of halogens is 1. The van der Waals surface area contributed by atoms with Crippen molar-refractivity contribution >= 4 is 18.3 Å². The van der Waals surface area contributed by atoms with Crippen LogP contribution in [-0.2, 0) is 11.3 Å². The smallest absolute Gasteiger partial charge is 0.220 e. The number of carbonyl (C=O) groups excluding carboxylic acids is 1. The SMILES string of the molecule is Cl.NCCCC(=O)NCc1ccccc1OC1CCCC1. The summed E-state index contributed by atoms with van der Waals surface area (Å²) in [7, 11) is 0. The normalized spacial score (nSPS) is 14.5. The van der Waals surface area contributed by atoms with E-state index >= 15 is 0 Å². The van der Waals surface area contributed by atoms with E-state index in [1.807, 2.05) is 24.3 Å². The number of carbonyl (C=O) groups is 1. The van der Waals surface area contributed by atoms with Crippen molar-refractivity contribution in [3.8, 4) is 5.75 Å². The molecule has 1 aliphatic carbocycles. The standard InChI is InChI=1S/C16H24N2O2.ClH/c17-11-5-10-16(19)18-12-13-6-1-4-9-15(13)20-14-7-2-3-8-14;/h1,4,6,9,14H,2-3,5,7-8,10-12,17H2,(H,18,19);1H. The van der Waals surface area contributed by atoms with Gasteiger partial charge in [-0.15, -0.1) is 12.4 Å². The molecular weight excluding hydrogens is 288 g/mol. The van der Waals surface area contributed by atoms with Gasteiger partial charge < -0.3 is 15.8 Å². The molecule has 1 fully saturated rings. The number of ether oxygens (including phenoxy) is 1. The van der Waals surface area contributed by atoms with Gasteiger partial charge >= 0.3 is 0 Å². The van der Waals surface area contributed by atoms with Crippen molar-refractivity contribution in [2.75, 3.05) is 6.54 Å². The van der Waals surface area contributed by atoms with Gasteiger partial charge in [-0.3, -0.25) is 4.79 Å². The molecule has 1 aromatic carbocycles. The first-order valence-corrected chi connectivity index (χ1v) is 7.51. The van der Waals surface area contributed by atoms with Gasteiger partial charge in [0.25, 0.3) is 0 Å². The predicted molar refractivity (Wildman–Crippen MR) is 86.7 cm³/mol. The fourth-order valence-electron chi connectivity index (χ4n) is 2.50. The van der Waals surface area contributed by atoms with E-state index in [9.17, 15) is 4.79 Å². The number of nitrogens with one attached hydrogen (secondary N) is 1. The van der Waals surface area contributed by atoms with Gasteiger partial charge in [-0.05, 0) is 44.7 Å². The molecule has 0 radical (unpaired) electrons. The quantitative estimate of drug-likeness (QED) is 0.813. The third-order valence-corrected chi connectivity index (χ3v) is 3.65. The summed E-state index contributed by atoms with van der Waals surface area (Å²) in [6, 6.07) is 7.94. The van der Waals surface area contributed by atoms with E-state index in [2.05, 4.69) is 5.32 Å². The second-order valence-corrected chi connectivity index (χ2v) is 5.30. The molecule has 3 N–H and O–H groups in total. The number of hydrogen-bond acceptors (Lipinski definition) is 3. The lowest BCUT2D eigenvalue weighted by Gasteiger charge is -2.16. The van der Waals surface area contributed by atoms with Crippen LogP contribution in [0, 0.1) is 0 Å². The number of hydrogen-bond donors (Lipinski definition) is 2. The molecule has 0 aliphatic heterocycles. The molecule has 4 nitrogen and oxygen atoms in total. The van der Waals surface area contributed by atoms with Crippen LogP contribution in [0.3, 0.4) is 0 Å². The van der Waals surface area contributed by atoms with Crippen molar-refractivity contribution in [1.82, 2.24) is 5.32 Å². The monoisotopic (exact) mass is 312 g/mol. The summed E-state index contributed by atoms with van der Waals surface area (Å²) in [4.78, 5) is 11.6. The molecule has 1 aliphatic rings. The van der Waals surface area contributed by atoms with Crippen molar-refractivity contribution in [1.29, 1.82) is 0 Å². The van der Waals surface area contributed by atoms with Gasteiger partial charge in [-0.25, -0.2) is 0 Å². The average Bonchev–Trinajstić information content (AvgIpc) is 2.97. The highest BCUT2D eigenvalue weighted by Crippen LogP contribution is 2.26. The zero-order valence-corrected chi connectivity index (χ0v) is 13.2. The van der Waals surface area contributed by atoms with E-state index in [0.29, 0.717) is 25.6 Å². The second kappa shape index (κ2) is 9.64. The molecular formula is C16H25ClN2O2. The van der Waals surface area contributed by atoms with Crippen molar-refractivity contribution in [3.63, 3.8) is 0 Å². The molecule has 5 heteroatoms. The first-order valence-electron chi connectivity index (χ1n) is 7.51. The van der Waals surface area contributed by atoms with Crippen LogP contribution in [0.25, 0.3) is 0 Å². The minimum atomic E-state index is 0. The Morgan fingerprint density at radius 3 is 2.71 bits per heavy atom. The van der Waals surface area contributed by atoms with E-state index < -0.39 is 0 Å². The van der Waals surface area contributed by atoms with E-state index in [0.717, 1.165) is 30.6 Å². The maximum atomic E-state index is 11.6. The molecule has 118 valence electrons. The van der Waals surface area contributed by atoms with Gasteiger partial charge in [-0.2, -0.15) is 0 Å². The van der Waals surface area contributed by atoms with Crippen LogP contribution in [0.1, 0.15) is 44.1 Å². The molecule has 0 heterocycles. The molecule has 0 atom stereocenters. The third kappa shape index (κ3) is 5.94. The number of nitrogens with two attached hydrogens (primary N) is 1. The molecule has 1 aromatic rings. The largest absolute Gasteiger partial charge is 0.490 e. The Balaban J connectivity index is 0.00000220. The van der Waals surface area contributed by atoms with Crippen LogP contribution in [0.5, 0.6) is 5.75 Å². The Kier molecular flexibility index (Phi) is 8.16. The topological polar surface area (TPSA) is 64.4 Å². The molecule has 0 saturated heterocycles. The van der Waals surface area contributed by atoms with Crippen LogP contribution in [0.15, 0.2) is 24.3 Å². The molecule has 21 heavy (non-hydrogen) atoms. The van der Waals surface area contributed by atoms with Gasteiger partial charge in [0.05, 0.1) is 6.10 Å². The van der Waals surface area contributed by atoms with Crippen LogP contribution in [0.2, 0.25) is 0 Å². The summed E-state index contributed by atoms with van der Waals surface area (Å²) in [6.07, 6.45) is 6.33. The van der Waals surface area contributed by atoms with E-state index in [1.54, 1.807) is 0 Å². The number of benzene rings is 1. The Bertz CT molecular complexity index is 434. The maximum absolute atomic E-state index is 11.6. The van der Waals surface area contributed by atoms with E-state index in [4.69, 9.17) is 10.5 Å². The lowest BCUT2D eigenvalue weighted by molar-refractivity contribution is -0.121. The molecule has 0 aromatic heterocycles. The number of para-hydroxylation sites is 1. The van der Waals surface area contributed by atoms with Gasteiger partial charge in [-0.1, -0.05) is 18.2 Å². The molecule has 1 amide bonds. The predicted octanol–water partition coefficient (Wildman–Crippen LogP) is 2.78. The van der Waals surface area contributed by atoms with Crippen LogP contribution < -0.4 is 15.8 Å². The summed E-state index contributed by atoms with van der Waals surface area (Å²) in [5.74, 6) is 0.949. The molecule has 0 unspecified atom stereocenters. The van der Waals surface area contributed by atoms with Gasteiger partial charge in [0.1, 0.15) is 5.75 Å². The van der Waals surface area contributed by atoms with Crippen molar-refractivity contribution in [2.45, 2.75) is 51.2 Å². The summed E-state index contributed by atoms with van der Waals surface area (Å²) in [5.41, 5.74) is 6.44. The van der Waals surface area contributed by atoms with Gasteiger partial charge in [0, 0.05) is 18.5 Å². The van der Waals surface area contributed by atoms with E-state index in [1.165, 1.54) is 12.8 Å².